The molecule has 0 unspecified atom stereocenters. The van der Waals surface area contributed by atoms with Crippen LogP contribution in [0.15, 0.2) is 4.42 Å². The second-order valence-corrected chi connectivity index (χ2v) is 6.70. The summed E-state index contributed by atoms with van der Waals surface area (Å²) >= 11 is 0. The fraction of sp³-hybridized carbons (Fsp3) is 0.765. The van der Waals surface area contributed by atoms with Gasteiger partial charge in [-0.1, -0.05) is 6.92 Å². The van der Waals surface area contributed by atoms with E-state index in [1.165, 1.54) is 0 Å². The summed E-state index contributed by atoms with van der Waals surface area (Å²) < 4.78 is 11.0. The van der Waals surface area contributed by atoms with Crippen LogP contribution in [0.2, 0.25) is 0 Å². The first-order valence-corrected chi connectivity index (χ1v) is 8.78. The molecule has 2 saturated heterocycles. The Morgan fingerprint density at radius 2 is 2.00 bits per heavy atom. The molecule has 134 valence electrons. The van der Waals surface area contributed by atoms with E-state index in [9.17, 15) is 9.90 Å². The van der Waals surface area contributed by atoms with Crippen molar-refractivity contribution in [1.82, 2.24) is 14.8 Å². The van der Waals surface area contributed by atoms with Gasteiger partial charge in [-0.25, -0.2) is 4.98 Å². The van der Waals surface area contributed by atoms with Gasteiger partial charge in [0, 0.05) is 51.7 Å². The number of oxazole rings is 1. The highest BCUT2D eigenvalue weighted by Crippen LogP contribution is 2.27. The van der Waals surface area contributed by atoms with Crippen LogP contribution in [-0.4, -0.2) is 78.3 Å². The molecule has 2 fully saturated rings. The predicted octanol–water partition coefficient (Wildman–Crippen LogP) is 0.558. The first-order valence-electron chi connectivity index (χ1n) is 8.78. The molecule has 24 heavy (non-hydrogen) atoms. The largest absolute Gasteiger partial charge is 0.435 e. The molecule has 0 bridgehead atoms. The van der Waals surface area contributed by atoms with E-state index in [0.717, 1.165) is 32.8 Å². The van der Waals surface area contributed by atoms with Crippen LogP contribution >= 0.6 is 0 Å². The zero-order valence-electron chi connectivity index (χ0n) is 14.5. The van der Waals surface area contributed by atoms with E-state index in [0.29, 0.717) is 36.9 Å². The Balaban J connectivity index is 1.66. The Labute approximate surface area is 142 Å². The molecule has 0 aromatic carbocycles. The number of carbonyl (C=O) groups excluding carboxylic acids is 1. The number of aliphatic hydroxyl groups excluding tert-OH is 1. The van der Waals surface area contributed by atoms with Crippen molar-refractivity contribution < 1.29 is 19.1 Å². The van der Waals surface area contributed by atoms with E-state index in [-0.39, 0.29) is 24.3 Å². The SMILES string of the molecule is CCc1nc(C)c(C(=O)N2C[C@@H](CN3CCOCC3)[C@@H](CO)C2)o1. The van der Waals surface area contributed by atoms with Crippen molar-refractivity contribution in [2.75, 3.05) is 52.5 Å². The molecule has 0 radical (unpaired) electrons. The Kier molecular flexibility index (Phi) is 5.53. The van der Waals surface area contributed by atoms with E-state index in [2.05, 4.69) is 9.88 Å². The first-order chi connectivity index (χ1) is 11.6. The van der Waals surface area contributed by atoms with Gasteiger partial charge in [0.05, 0.1) is 18.9 Å². The molecule has 3 rings (SSSR count). The molecule has 3 heterocycles. The smallest absolute Gasteiger partial charge is 0.291 e. The Bertz CT molecular complexity index is 568. The van der Waals surface area contributed by atoms with Crippen molar-refractivity contribution >= 4 is 5.91 Å². The van der Waals surface area contributed by atoms with E-state index in [1.54, 1.807) is 11.8 Å². The van der Waals surface area contributed by atoms with Gasteiger partial charge in [-0.05, 0) is 12.8 Å². The molecule has 1 aromatic rings. The summed E-state index contributed by atoms with van der Waals surface area (Å²) in [7, 11) is 0. The quantitative estimate of drug-likeness (QED) is 0.846. The molecule has 2 aliphatic heterocycles. The number of hydrogen-bond acceptors (Lipinski definition) is 6. The highest BCUT2D eigenvalue weighted by atomic mass is 16.5. The molecule has 2 atom stereocenters. The zero-order valence-corrected chi connectivity index (χ0v) is 14.5. The minimum atomic E-state index is -0.109. The van der Waals surface area contributed by atoms with Crippen molar-refractivity contribution in [2.24, 2.45) is 11.8 Å². The van der Waals surface area contributed by atoms with Gasteiger partial charge in [-0.3, -0.25) is 9.69 Å². The number of hydrogen-bond donors (Lipinski definition) is 1. The Hall–Kier alpha value is -1.44. The van der Waals surface area contributed by atoms with Crippen molar-refractivity contribution in [1.29, 1.82) is 0 Å². The van der Waals surface area contributed by atoms with Gasteiger partial charge in [0.1, 0.15) is 0 Å². The average molecular weight is 337 g/mol. The fourth-order valence-electron chi connectivity index (χ4n) is 3.58. The summed E-state index contributed by atoms with van der Waals surface area (Å²) in [5, 5.41) is 9.72. The second kappa shape index (κ2) is 7.63. The lowest BCUT2D eigenvalue weighted by Crippen LogP contribution is -2.41. The molecule has 0 aliphatic carbocycles. The Morgan fingerprint density at radius 3 is 2.62 bits per heavy atom. The maximum atomic E-state index is 12.8. The standard InChI is InChI=1S/C17H27N3O4/c1-3-15-18-12(2)16(24-15)17(22)20-9-13(14(10-20)11-21)8-19-4-6-23-7-5-19/h13-14,21H,3-11H2,1-2H3/t13-,14-/m1/s1. The van der Waals surface area contributed by atoms with Crippen LogP contribution < -0.4 is 0 Å². The fourth-order valence-corrected chi connectivity index (χ4v) is 3.58. The number of likely N-dealkylation sites (tertiary alicyclic amines) is 1. The molecule has 7 heteroatoms. The number of rotatable bonds is 5. The zero-order chi connectivity index (χ0) is 17.1. The number of carbonyl (C=O) groups is 1. The normalized spacial score (nSPS) is 25.4. The summed E-state index contributed by atoms with van der Waals surface area (Å²) in [4.78, 5) is 21.2. The summed E-state index contributed by atoms with van der Waals surface area (Å²) in [6, 6.07) is 0. The lowest BCUT2D eigenvalue weighted by atomic mass is 9.96. The Morgan fingerprint density at radius 1 is 1.29 bits per heavy atom. The number of ether oxygens (including phenoxy) is 1. The van der Waals surface area contributed by atoms with E-state index >= 15 is 0 Å². The van der Waals surface area contributed by atoms with Gasteiger partial charge in [-0.2, -0.15) is 0 Å². The van der Waals surface area contributed by atoms with Crippen molar-refractivity contribution in [3.8, 4) is 0 Å². The monoisotopic (exact) mass is 337 g/mol. The maximum Gasteiger partial charge on any atom is 0.291 e. The van der Waals surface area contributed by atoms with E-state index < -0.39 is 0 Å². The van der Waals surface area contributed by atoms with Gasteiger partial charge >= 0.3 is 0 Å². The third kappa shape index (κ3) is 3.63. The van der Waals surface area contributed by atoms with Crippen LogP contribution in [0, 0.1) is 18.8 Å². The van der Waals surface area contributed by atoms with Gasteiger partial charge < -0.3 is 19.2 Å². The third-order valence-electron chi connectivity index (χ3n) is 5.03. The molecule has 1 aromatic heterocycles. The number of morpholine rings is 1. The molecule has 7 nitrogen and oxygen atoms in total. The summed E-state index contributed by atoms with van der Waals surface area (Å²) in [6.07, 6.45) is 0.674. The van der Waals surface area contributed by atoms with Gasteiger partial charge in [0.25, 0.3) is 5.91 Å². The molecular formula is C17H27N3O4. The molecule has 2 aliphatic rings. The lowest BCUT2D eigenvalue weighted by molar-refractivity contribution is 0.0264. The van der Waals surface area contributed by atoms with Crippen LogP contribution in [0.5, 0.6) is 0 Å². The summed E-state index contributed by atoms with van der Waals surface area (Å²) in [6.45, 7) is 9.35. The molecule has 0 saturated carbocycles. The number of aliphatic hydroxyl groups is 1. The summed E-state index contributed by atoms with van der Waals surface area (Å²) in [5.74, 6) is 1.23. The van der Waals surface area contributed by atoms with Gasteiger partial charge in [0.15, 0.2) is 5.89 Å². The minimum Gasteiger partial charge on any atom is -0.435 e. The maximum absolute atomic E-state index is 12.8. The molecule has 1 amide bonds. The number of amides is 1. The van der Waals surface area contributed by atoms with E-state index in [4.69, 9.17) is 9.15 Å². The lowest BCUT2D eigenvalue weighted by Gasteiger charge is -2.30. The van der Waals surface area contributed by atoms with Crippen molar-refractivity contribution in [3.63, 3.8) is 0 Å². The third-order valence-corrected chi connectivity index (χ3v) is 5.03. The molecule has 1 N–H and O–H groups in total. The van der Waals surface area contributed by atoms with Crippen LogP contribution in [0.25, 0.3) is 0 Å². The van der Waals surface area contributed by atoms with Gasteiger partial charge in [-0.15, -0.1) is 0 Å². The second-order valence-electron chi connectivity index (χ2n) is 6.70. The van der Waals surface area contributed by atoms with Crippen LogP contribution in [0.3, 0.4) is 0 Å². The van der Waals surface area contributed by atoms with Crippen molar-refractivity contribution in [2.45, 2.75) is 20.3 Å². The highest BCUT2D eigenvalue weighted by Gasteiger charge is 2.37. The van der Waals surface area contributed by atoms with Gasteiger partial charge in [0.2, 0.25) is 5.76 Å². The van der Waals surface area contributed by atoms with Crippen LogP contribution in [0.1, 0.15) is 29.1 Å². The highest BCUT2D eigenvalue weighted by molar-refractivity contribution is 5.92. The molecule has 0 spiro atoms. The topological polar surface area (TPSA) is 79.0 Å². The van der Waals surface area contributed by atoms with E-state index in [1.807, 2.05) is 6.92 Å². The van der Waals surface area contributed by atoms with Crippen LogP contribution in [0.4, 0.5) is 0 Å². The predicted molar refractivity (Wildman–Crippen MR) is 87.8 cm³/mol. The number of nitrogens with zero attached hydrogens (tertiary/aromatic N) is 3. The minimum absolute atomic E-state index is 0.106. The average Bonchev–Trinajstić information content (AvgIpc) is 3.18. The summed E-state index contributed by atoms with van der Waals surface area (Å²) in [5.41, 5.74) is 0.647. The number of aromatic nitrogens is 1. The van der Waals surface area contributed by atoms with Crippen molar-refractivity contribution in [3.05, 3.63) is 17.3 Å². The molecular weight excluding hydrogens is 310 g/mol. The van der Waals surface area contributed by atoms with Crippen LogP contribution in [-0.2, 0) is 11.2 Å². The number of aryl methyl sites for hydroxylation is 2. The first kappa shape index (κ1) is 17.4.